The van der Waals surface area contributed by atoms with Crippen molar-refractivity contribution in [2.45, 2.75) is 39.2 Å². The summed E-state index contributed by atoms with van der Waals surface area (Å²) in [5.41, 5.74) is 2.83. The van der Waals surface area contributed by atoms with Crippen molar-refractivity contribution in [3.05, 3.63) is 52.9 Å². The lowest BCUT2D eigenvalue weighted by molar-refractivity contribution is -0.121. The lowest BCUT2D eigenvalue weighted by atomic mass is 10.1. The zero-order chi connectivity index (χ0) is 16.9. The molecule has 3 rings (SSSR count). The van der Waals surface area contributed by atoms with Crippen LogP contribution in [-0.2, 0) is 11.2 Å². The number of rotatable bonds is 6. The molecule has 128 valence electrons. The molecule has 1 aromatic carbocycles. The predicted molar refractivity (Wildman–Crippen MR) is 92.7 cm³/mol. The van der Waals surface area contributed by atoms with Crippen LogP contribution in [0.3, 0.4) is 0 Å². The first-order valence-electron chi connectivity index (χ1n) is 8.62. The van der Waals surface area contributed by atoms with Crippen LogP contribution >= 0.6 is 0 Å². The van der Waals surface area contributed by atoms with E-state index >= 15 is 0 Å². The number of carbonyl (C=O) groups is 1. The Kier molecular flexibility index (Phi) is 5.30. The molecule has 1 N–H and O–H groups in total. The van der Waals surface area contributed by atoms with Gasteiger partial charge in [-0.15, -0.1) is 0 Å². The van der Waals surface area contributed by atoms with Gasteiger partial charge in [0.2, 0.25) is 5.91 Å². The van der Waals surface area contributed by atoms with E-state index in [0.717, 1.165) is 42.2 Å². The highest BCUT2D eigenvalue weighted by atomic mass is 16.5. The van der Waals surface area contributed by atoms with Crippen molar-refractivity contribution in [1.82, 2.24) is 15.4 Å². The lowest BCUT2D eigenvalue weighted by Crippen LogP contribution is -2.37. The van der Waals surface area contributed by atoms with Crippen molar-refractivity contribution in [1.29, 1.82) is 0 Å². The van der Waals surface area contributed by atoms with Crippen molar-refractivity contribution in [2.75, 3.05) is 19.6 Å². The van der Waals surface area contributed by atoms with Crippen LogP contribution in [0.2, 0.25) is 0 Å². The van der Waals surface area contributed by atoms with Gasteiger partial charge in [0.1, 0.15) is 5.76 Å². The smallest absolute Gasteiger partial charge is 0.225 e. The zero-order valence-corrected chi connectivity index (χ0v) is 14.4. The van der Waals surface area contributed by atoms with Crippen LogP contribution < -0.4 is 5.32 Å². The Bertz CT molecular complexity index is 656. The van der Waals surface area contributed by atoms with Crippen molar-refractivity contribution >= 4 is 5.91 Å². The summed E-state index contributed by atoms with van der Waals surface area (Å²) in [6.07, 6.45) is 2.80. The van der Waals surface area contributed by atoms with Gasteiger partial charge in [0.15, 0.2) is 0 Å². The largest absolute Gasteiger partial charge is 0.361 e. The minimum Gasteiger partial charge on any atom is -0.361 e. The summed E-state index contributed by atoms with van der Waals surface area (Å²) in [5.74, 6) is 0.732. The molecule has 0 spiro atoms. The van der Waals surface area contributed by atoms with Gasteiger partial charge >= 0.3 is 0 Å². The highest BCUT2D eigenvalue weighted by Gasteiger charge is 2.22. The van der Waals surface area contributed by atoms with Gasteiger partial charge in [-0.1, -0.05) is 35.5 Å². The number of nitrogens with zero attached hydrogens (tertiary/aromatic N) is 2. The van der Waals surface area contributed by atoms with Crippen molar-refractivity contribution in [3.63, 3.8) is 0 Å². The third kappa shape index (κ3) is 4.03. The molecule has 5 heteroatoms. The first-order chi connectivity index (χ1) is 11.6. The summed E-state index contributed by atoms with van der Waals surface area (Å²) in [5, 5.41) is 7.13. The molecule has 0 aliphatic carbocycles. The van der Waals surface area contributed by atoms with Crippen molar-refractivity contribution in [3.8, 4) is 0 Å². The van der Waals surface area contributed by atoms with Gasteiger partial charge in [0.25, 0.3) is 0 Å². The molecule has 5 nitrogen and oxygen atoms in total. The molecule has 1 aliphatic rings. The van der Waals surface area contributed by atoms with E-state index in [-0.39, 0.29) is 11.9 Å². The number of carbonyl (C=O) groups excluding carboxylic acids is 1. The number of hydrogen-bond donors (Lipinski definition) is 1. The monoisotopic (exact) mass is 327 g/mol. The SMILES string of the molecule is Cc1noc(C)c1CC(=O)N[C@@H](CN1CCCC1)c1ccccc1. The predicted octanol–water partition coefficient (Wildman–Crippen LogP) is 2.79. The average Bonchev–Trinajstić information content (AvgIpc) is 3.20. The van der Waals surface area contributed by atoms with E-state index in [1.165, 1.54) is 12.8 Å². The number of amides is 1. The summed E-state index contributed by atoms with van der Waals surface area (Å²) in [4.78, 5) is 15.0. The van der Waals surface area contributed by atoms with Crippen LogP contribution in [0, 0.1) is 13.8 Å². The minimum absolute atomic E-state index is 0.0114. The first-order valence-corrected chi connectivity index (χ1v) is 8.62. The summed E-state index contributed by atoms with van der Waals surface area (Å²) in [6.45, 7) is 6.81. The van der Waals surface area contributed by atoms with Gasteiger partial charge in [-0.05, 0) is 45.3 Å². The topological polar surface area (TPSA) is 58.4 Å². The molecular formula is C19H25N3O2. The van der Waals surface area contributed by atoms with Gasteiger partial charge in [-0.3, -0.25) is 4.79 Å². The molecule has 1 atom stereocenters. The Morgan fingerprint density at radius 2 is 1.96 bits per heavy atom. The van der Waals surface area contributed by atoms with E-state index in [0.29, 0.717) is 6.42 Å². The molecule has 0 radical (unpaired) electrons. The molecule has 0 saturated carbocycles. The van der Waals surface area contributed by atoms with Gasteiger partial charge in [0, 0.05) is 12.1 Å². The number of likely N-dealkylation sites (tertiary alicyclic amines) is 1. The highest BCUT2D eigenvalue weighted by Crippen LogP contribution is 2.19. The van der Waals surface area contributed by atoms with E-state index in [9.17, 15) is 4.79 Å². The standard InChI is InChI=1S/C19H25N3O2/c1-14-17(15(2)24-21-14)12-19(23)20-18(13-22-10-6-7-11-22)16-8-4-3-5-9-16/h3-5,8-9,18H,6-7,10-13H2,1-2H3,(H,20,23)/t18-/m0/s1. The summed E-state index contributed by atoms with van der Waals surface area (Å²) >= 11 is 0. The number of aromatic nitrogens is 1. The summed E-state index contributed by atoms with van der Waals surface area (Å²) in [7, 11) is 0. The third-order valence-electron chi connectivity index (χ3n) is 4.70. The fourth-order valence-corrected chi connectivity index (χ4v) is 3.30. The second-order valence-corrected chi connectivity index (χ2v) is 6.52. The van der Waals surface area contributed by atoms with Crippen LogP contribution in [0.4, 0.5) is 0 Å². The normalized spacial score (nSPS) is 16.2. The minimum atomic E-state index is 0.0114. The van der Waals surface area contributed by atoms with Crippen molar-refractivity contribution < 1.29 is 9.32 Å². The van der Waals surface area contributed by atoms with Gasteiger partial charge in [-0.25, -0.2) is 0 Å². The van der Waals surface area contributed by atoms with Crippen LogP contribution in [-0.4, -0.2) is 35.6 Å². The maximum absolute atomic E-state index is 12.6. The van der Waals surface area contributed by atoms with Crippen LogP contribution in [0.15, 0.2) is 34.9 Å². The molecule has 0 bridgehead atoms. The second-order valence-electron chi connectivity index (χ2n) is 6.52. The molecule has 2 aromatic rings. The number of aryl methyl sites for hydroxylation is 2. The fourth-order valence-electron chi connectivity index (χ4n) is 3.30. The van der Waals surface area contributed by atoms with E-state index < -0.39 is 0 Å². The molecule has 1 aromatic heterocycles. The molecule has 24 heavy (non-hydrogen) atoms. The Morgan fingerprint density at radius 3 is 2.58 bits per heavy atom. The maximum atomic E-state index is 12.6. The molecule has 1 fully saturated rings. The molecule has 2 heterocycles. The van der Waals surface area contributed by atoms with E-state index in [4.69, 9.17) is 4.52 Å². The Labute approximate surface area is 143 Å². The first kappa shape index (κ1) is 16.7. The summed E-state index contributed by atoms with van der Waals surface area (Å²) in [6, 6.07) is 10.2. The fraction of sp³-hybridized carbons (Fsp3) is 0.474. The van der Waals surface area contributed by atoms with Crippen LogP contribution in [0.25, 0.3) is 0 Å². The summed E-state index contributed by atoms with van der Waals surface area (Å²) < 4.78 is 5.16. The Hall–Kier alpha value is -2.14. The number of benzene rings is 1. The molecule has 1 amide bonds. The Balaban J connectivity index is 1.69. The van der Waals surface area contributed by atoms with Gasteiger partial charge < -0.3 is 14.7 Å². The van der Waals surface area contributed by atoms with Crippen LogP contribution in [0.5, 0.6) is 0 Å². The van der Waals surface area contributed by atoms with Crippen LogP contribution in [0.1, 0.15) is 41.5 Å². The van der Waals surface area contributed by atoms with E-state index in [1.54, 1.807) is 0 Å². The third-order valence-corrected chi connectivity index (χ3v) is 4.70. The quantitative estimate of drug-likeness (QED) is 0.886. The second kappa shape index (κ2) is 7.62. The molecule has 1 aliphatic heterocycles. The zero-order valence-electron chi connectivity index (χ0n) is 14.4. The lowest BCUT2D eigenvalue weighted by Gasteiger charge is -2.25. The average molecular weight is 327 g/mol. The van der Waals surface area contributed by atoms with Gasteiger partial charge in [0.05, 0.1) is 18.2 Å². The maximum Gasteiger partial charge on any atom is 0.225 e. The molecular weight excluding hydrogens is 302 g/mol. The van der Waals surface area contributed by atoms with Gasteiger partial charge in [-0.2, -0.15) is 0 Å². The molecule has 0 unspecified atom stereocenters. The highest BCUT2D eigenvalue weighted by molar-refractivity contribution is 5.79. The Morgan fingerprint density at radius 1 is 1.25 bits per heavy atom. The van der Waals surface area contributed by atoms with E-state index in [2.05, 4.69) is 27.5 Å². The van der Waals surface area contributed by atoms with Crippen molar-refractivity contribution in [2.24, 2.45) is 0 Å². The molecule has 1 saturated heterocycles. The number of nitrogens with one attached hydrogen (secondary N) is 1. The number of hydrogen-bond acceptors (Lipinski definition) is 4. The van der Waals surface area contributed by atoms with E-state index in [1.807, 2.05) is 32.0 Å².